The van der Waals surface area contributed by atoms with Crippen molar-refractivity contribution in [2.75, 3.05) is 6.61 Å². The van der Waals surface area contributed by atoms with Gasteiger partial charge in [-0.2, -0.15) is 0 Å². The first-order valence-electron chi connectivity index (χ1n) is 4.24. The van der Waals surface area contributed by atoms with E-state index in [0.29, 0.717) is 5.03 Å². The van der Waals surface area contributed by atoms with Gasteiger partial charge in [0.25, 0.3) is 0 Å². The Balaban J connectivity index is 2.91. The minimum Gasteiger partial charge on any atom is -0.486 e. The normalized spacial score (nSPS) is 12.6. The highest BCUT2D eigenvalue weighted by Crippen LogP contribution is 2.27. The van der Waals surface area contributed by atoms with Crippen LogP contribution in [-0.2, 0) is 10.0 Å². The first-order chi connectivity index (χ1) is 7.84. The smallest absolute Gasteiger partial charge is 0.238 e. The highest BCUT2D eigenvalue weighted by atomic mass is 35.5. The maximum Gasteiger partial charge on any atom is 0.238 e. The van der Waals surface area contributed by atoms with Crippen LogP contribution in [0.25, 0.3) is 0 Å². The summed E-state index contributed by atoms with van der Waals surface area (Å²) in [6, 6.07) is 3.87. The Kier molecular flexibility index (Phi) is 5.09. The second kappa shape index (κ2) is 5.93. The molecule has 2 N–H and O–H groups in total. The highest BCUT2D eigenvalue weighted by molar-refractivity contribution is 7.89. The predicted molar refractivity (Wildman–Crippen MR) is 68.1 cm³/mol. The Morgan fingerprint density at radius 3 is 2.59 bits per heavy atom. The zero-order chi connectivity index (χ0) is 13.1. The lowest BCUT2D eigenvalue weighted by Gasteiger charge is -2.08. The zero-order valence-electron chi connectivity index (χ0n) is 8.36. The van der Waals surface area contributed by atoms with Crippen molar-refractivity contribution < 1.29 is 13.2 Å². The van der Waals surface area contributed by atoms with Crippen molar-refractivity contribution in [3.05, 3.63) is 33.8 Å². The largest absolute Gasteiger partial charge is 0.486 e. The van der Waals surface area contributed by atoms with Crippen molar-refractivity contribution in [3.63, 3.8) is 0 Å². The van der Waals surface area contributed by atoms with Gasteiger partial charge in [-0.3, -0.25) is 0 Å². The molecule has 4 nitrogen and oxygen atoms in total. The van der Waals surface area contributed by atoms with Crippen LogP contribution in [0.4, 0.5) is 0 Å². The molecule has 94 valence electrons. The summed E-state index contributed by atoms with van der Waals surface area (Å²) in [5.74, 6) is 0.288. The van der Waals surface area contributed by atoms with Gasteiger partial charge in [-0.05, 0) is 18.2 Å². The lowest BCUT2D eigenvalue weighted by Crippen LogP contribution is -2.12. The van der Waals surface area contributed by atoms with Crippen LogP contribution in [-0.4, -0.2) is 15.0 Å². The fourth-order valence-corrected chi connectivity index (χ4v) is 1.91. The Morgan fingerprint density at radius 2 is 2.12 bits per heavy atom. The fraction of sp³-hybridized carbons (Fsp3) is 0.111. The Bertz CT molecular complexity index is 542. The molecule has 0 heterocycles. The molecule has 0 saturated heterocycles. The second-order valence-corrected chi connectivity index (χ2v) is 5.65. The molecule has 0 saturated carbocycles. The van der Waals surface area contributed by atoms with E-state index in [-0.39, 0.29) is 22.3 Å². The Morgan fingerprint density at radius 1 is 1.47 bits per heavy atom. The van der Waals surface area contributed by atoms with Crippen molar-refractivity contribution in [1.82, 2.24) is 0 Å². The van der Waals surface area contributed by atoms with E-state index < -0.39 is 10.0 Å². The minimum atomic E-state index is -3.78. The molecule has 1 rings (SSSR count). The molecular weight excluding hydrogens is 309 g/mol. The molecule has 0 fully saturated rings. The second-order valence-electron chi connectivity index (χ2n) is 2.98. The maximum atomic E-state index is 11.0. The molecule has 1 aromatic carbocycles. The molecule has 0 atom stereocenters. The van der Waals surface area contributed by atoms with Crippen molar-refractivity contribution in [2.45, 2.75) is 4.90 Å². The van der Waals surface area contributed by atoms with Gasteiger partial charge in [0.1, 0.15) is 12.4 Å². The van der Waals surface area contributed by atoms with Crippen LogP contribution in [0.5, 0.6) is 5.75 Å². The first-order valence-corrected chi connectivity index (χ1v) is 6.98. The summed E-state index contributed by atoms with van der Waals surface area (Å²) >= 11 is 16.8. The van der Waals surface area contributed by atoms with E-state index in [1.54, 1.807) is 0 Å². The maximum absolute atomic E-state index is 11.0. The van der Waals surface area contributed by atoms with Crippen LogP contribution in [0.2, 0.25) is 5.02 Å². The average Bonchev–Trinajstić information content (AvgIpc) is 2.25. The van der Waals surface area contributed by atoms with E-state index in [0.717, 1.165) is 5.54 Å². The quantitative estimate of drug-likeness (QED) is 0.928. The van der Waals surface area contributed by atoms with Gasteiger partial charge in [0.15, 0.2) is 0 Å². The minimum absolute atomic E-state index is 0.0412. The number of rotatable bonds is 4. The first kappa shape index (κ1) is 14.6. The van der Waals surface area contributed by atoms with E-state index >= 15 is 0 Å². The third-order valence-corrected chi connectivity index (χ3v) is 3.52. The van der Waals surface area contributed by atoms with Crippen molar-refractivity contribution in [3.8, 4) is 5.75 Å². The summed E-state index contributed by atoms with van der Waals surface area (Å²) in [4.78, 5) is -0.0890. The molecule has 0 amide bonds. The molecule has 1 aromatic rings. The number of benzene rings is 1. The molecule has 0 radical (unpaired) electrons. The van der Waals surface area contributed by atoms with Gasteiger partial charge in [-0.15, -0.1) is 0 Å². The van der Waals surface area contributed by atoms with E-state index in [1.807, 2.05) is 0 Å². The van der Waals surface area contributed by atoms with E-state index in [4.69, 9.17) is 44.7 Å². The topological polar surface area (TPSA) is 69.4 Å². The molecule has 17 heavy (non-hydrogen) atoms. The number of hydrogen-bond donors (Lipinski definition) is 1. The van der Waals surface area contributed by atoms with E-state index in [2.05, 4.69) is 0 Å². The summed E-state index contributed by atoms with van der Waals surface area (Å²) in [5, 5.41) is 5.36. The number of primary sulfonamides is 1. The SMILES string of the molecule is NS(=O)(=O)c1ccc(OC/C(Cl)=C/Cl)c(Cl)c1. The van der Waals surface area contributed by atoms with E-state index in [9.17, 15) is 8.42 Å². The molecule has 0 aliphatic carbocycles. The van der Waals surface area contributed by atoms with Gasteiger partial charge < -0.3 is 4.74 Å². The molecule has 0 aliphatic rings. The van der Waals surface area contributed by atoms with Crippen LogP contribution in [0.3, 0.4) is 0 Å². The third kappa shape index (κ3) is 4.37. The van der Waals surface area contributed by atoms with Crippen molar-refractivity contribution in [1.29, 1.82) is 0 Å². The van der Waals surface area contributed by atoms with Crippen molar-refractivity contribution in [2.24, 2.45) is 5.14 Å². The molecule has 0 bridgehead atoms. The molecule has 0 unspecified atom stereocenters. The molecule has 8 heteroatoms. The van der Waals surface area contributed by atoms with Crippen LogP contribution in [0, 0.1) is 0 Å². The summed E-state index contributed by atoms with van der Waals surface area (Å²) in [6.45, 7) is 0.0412. The van der Waals surface area contributed by atoms with Gasteiger partial charge in [-0.25, -0.2) is 13.6 Å². The third-order valence-electron chi connectivity index (χ3n) is 1.72. The van der Waals surface area contributed by atoms with Crippen LogP contribution in [0.1, 0.15) is 0 Å². The van der Waals surface area contributed by atoms with Crippen molar-refractivity contribution >= 4 is 44.8 Å². The number of nitrogens with two attached hydrogens (primary N) is 1. The number of sulfonamides is 1. The van der Waals surface area contributed by atoms with E-state index in [1.165, 1.54) is 18.2 Å². The Labute approximate surface area is 114 Å². The summed E-state index contributed by atoms with van der Waals surface area (Å²) in [5.41, 5.74) is 1.16. The predicted octanol–water partition coefficient (Wildman–Crippen LogP) is 2.69. The highest BCUT2D eigenvalue weighted by Gasteiger charge is 2.11. The number of ether oxygens (including phenoxy) is 1. The van der Waals surface area contributed by atoms with Gasteiger partial charge >= 0.3 is 0 Å². The van der Waals surface area contributed by atoms with Crippen LogP contribution in [0.15, 0.2) is 33.7 Å². The zero-order valence-corrected chi connectivity index (χ0v) is 11.4. The number of halogens is 3. The summed E-state index contributed by atoms with van der Waals surface area (Å²) in [6.07, 6.45) is 0. The summed E-state index contributed by atoms with van der Waals surface area (Å²) in [7, 11) is -3.78. The lowest BCUT2D eigenvalue weighted by molar-refractivity contribution is 0.359. The Hall–Kier alpha value is -0.460. The lowest BCUT2D eigenvalue weighted by atomic mass is 10.3. The van der Waals surface area contributed by atoms with Gasteiger partial charge in [0.05, 0.1) is 15.0 Å². The molecule has 0 spiro atoms. The van der Waals surface area contributed by atoms with Crippen LogP contribution >= 0.6 is 34.8 Å². The fourth-order valence-electron chi connectivity index (χ4n) is 0.954. The van der Waals surface area contributed by atoms with Gasteiger partial charge in [-0.1, -0.05) is 34.8 Å². The van der Waals surface area contributed by atoms with Gasteiger partial charge in [0.2, 0.25) is 10.0 Å². The van der Waals surface area contributed by atoms with Gasteiger partial charge in [0, 0.05) is 5.54 Å². The van der Waals surface area contributed by atoms with Crippen LogP contribution < -0.4 is 9.88 Å². The molecule has 0 aliphatic heterocycles. The summed E-state index contributed by atoms with van der Waals surface area (Å²) < 4.78 is 27.3. The molecular formula is C9H8Cl3NO3S. The standard InChI is InChI=1S/C9H8Cl3NO3S/c10-4-6(11)5-16-9-2-1-7(3-8(9)12)17(13,14)15/h1-4H,5H2,(H2,13,14,15)/b6-4-. The average molecular weight is 317 g/mol. The number of hydrogen-bond acceptors (Lipinski definition) is 3. The monoisotopic (exact) mass is 315 g/mol. The molecule has 0 aromatic heterocycles.